The molecule has 2 aliphatic rings. The number of anilines is 1. The maximum Gasteiger partial charge on any atom is 0.251 e. The Kier molecular flexibility index (Phi) is 13.5. The highest BCUT2D eigenvalue weighted by molar-refractivity contribution is 6.03. The molecule has 0 spiro atoms. The second-order valence-corrected chi connectivity index (χ2v) is 14.5. The van der Waals surface area contributed by atoms with Crippen LogP contribution in [-0.2, 0) is 43.2 Å². The second-order valence-electron chi connectivity index (χ2n) is 14.5. The van der Waals surface area contributed by atoms with Crippen LogP contribution in [0.1, 0.15) is 81.9 Å². The summed E-state index contributed by atoms with van der Waals surface area (Å²) in [5, 5.41) is 25.0. The predicted molar refractivity (Wildman–Crippen MR) is 201 cm³/mol. The van der Waals surface area contributed by atoms with Crippen LogP contribution >= 0.6 is 0 Å². The van der Waals surface area contributed by atoms with E-state index in [1.165, 1.54) is 13.8 Å². The first-order valence-corrected chi connectivity index (χ1v) is 18.7. The predicted octanol–water partition coefficient (Wildman–Crippen LogP) is 4.23. The fourth-order valence-corrected chi connectivity index (χ4v) is 7.77. The second kappa shape index (κ2) is 18.3. The third-order valence-electron chi connectivity index (χ3n) is 10.7. The normalized spacial score (nSPS) is 18.6. The number of amides is 4. The van der Waals surface area contributed by atoms with E-state index in [1.54, 1.807) is 9.80 Å². The quantitative estimate of drug-likeness (QED) is 0.152. The largest absolute Gasteiger partial charge is 0.368 e. The summed E-state index contributed by atoms with van der Waals surface area (Å²) in [6, 6.07) is 25.2. The summed E-state index contributed by atoms with van der Waals surface area (Å²) < 4.78 is 0. The Morgan fingerprint density at radius 1 is 0.849 bits per heavy atom. The first-order chi connectivity index (χ1) is 25.5. The van der Waals surface area contributed by atoms with Crippen molar-refractivity contribution >= 4 is 35.1 Å². The lowest BCUT2D eigenvalue weighted by Crippen LogP contribution is -2.49. The maximum atomic E-state index is 14.4. The summed E-state index contributed by atoms with van der Waals surface area (Å²) in [6.07, 6.45) is 2.83. The molecular weight excluding hydrogens is 672 g/mol. The van der Waals surface area contributed by atoms with E-state index in [4.69, 9.17) is 0 Å². The lowest BCUT2D eigenvalue weighted by atomic mass is 9.81. The zero-order chi connectivity index (χ0) is 38.0. The number of aliphatic hydroxyl groups is 2. The third-order valence-corrected chi connectivity index (χ3v) is 10.7. The van der Waals surface area contributed by atoms with Crippen molar-refractivity contribution in [2.75, 3.05) is 11.4 Å². The van der Waals surface area contributed by atoms with Gasteiger partial charge in [0.2, 0.25) is 17.7 Å². The van der Waals surface area contributed by atoms with Crippen molar-refractivity contribution in [2.45, 2.75) is 109 Å². The number of Topliss-reactive ketones (excluding diaryl/α,β-unsaturated/α-hetero) is 1. The van der Waals surface area contributed by atoms with Crippen LogP contribution < -0.4 is 15.5 Å². The number of ketones is 1. The van der Waals surface area contributed by atoms with Gasteiger partial charge in [0.15, 0.2) is 12.1 Å². The summed E-state index contributed by atoms with van der Waals surface area (Å²) >= 11 is 0. The van der Waals surface area contributed by atoms with Gasteiger partial charge in [0, 0.05) is 38.4 Å². The number of nitrogens with one attached hydrogen (secondary N) is 2. The van der Waals surface area contributed by atoms with Gasteiger partial charge in [-0.1, -0.05) is 85.6 Å². The van der Waals surface area contributed by atoms with Crippen LogP contribution in [0.3, 0.4) is 0 Å². The number of hydrogen-bond donors (Lipinski definition) is 4. The summed E-state index contributed by atoms with van der Waals surface area (Å²) in [5.74, 6) is -1.04. The lowest BCUT2D eigenvalue weighted by Gasteiger charge is -2.32. The Morgan fingerprint density at radius 3 is 2.06 bits per heavy atom. The zero-order valence-electron chi connectivity index (χ0n) is 30.7. The Hall–Kier alpha value is -4.87. The molecule has 0 aromatic heterocycles. The average molecular weight is 725 g/mol. The number of carbonyl (C=O) groups is 5. The SMILES string of the molecule is CC(=O)NCCC1(C(=O)NC(Cc2ccc(N3C(=O)C(Cc4ccccc4)N(C(=O)CCC(O)O)C3CCc3ccccc3)cc2)C(C)=O)CCCC1. The molecule has 4 N–H and O–H groups in total. The van der Waals surface area contributed by atoms with Gasteiger partial charge in [-0.05, 0) is 74.3 Å². The molecule has 1 aliphatic carbocycles. The van der Waals surface area contributed by atoms with Gasteiger partial charge >= 0.3 is 0 Å². The van der Waals surface area contributed by atoms with E-state index in [0.717, 1.165) is 29.5 Å². The van der Waals surface area contributed by atoms with E-state index in [-0.39, 0.29) is 48.7 Å². The molecular formula is C42H52N4O7. The Morgan fingerprint density at radius 2 is 1.47 bits per heavy atom. The Bertz CT molecular complexity index is 1710. The Labute approximate surface area is 311 Å². The minimum Gasteiger partial charge on any atom is -0.368 e. The van der Waals surface area contributed by atoms with Crippen molar-refractivity contribution in [3.8, 4) is 0 Å². The molecule has 3 aromatic rings. The number of rotatable bonds is 17. The molecule has 1 saturated heterocycles. The van der Waals surface area contributed by atoms with Gasteiger partial charge in [-0.15, -0.1) is 0 Å². The van der Waals surface area contributed by atoms with Crippen LogP contribution in [0.25, 0.3) is 0 Å². The highest BCUT2D eigenvalue weighted by Gasteiger charge is 2.48. The highest BCUT2D eigenvalue weighted by atomic mass is 16.5. The van der Waals surface area contributed by atoms with Gasteiger partial charge in [-0.2, -0.15) is 0 Å². The summed E-state index contributed by atoms with van der Waals surface area (Å²) in [5.41, 5.74) is 2.73. The molecule has 0 radical (unpaired) electrons. The summed E-state index contributed by atoms with van der Waals surface area (Å²) in [7, 11) is 0. The number of aryl methyl sites for hydroxylation is 1. The molecule has 1 heterocycles. The van der Waals surface area contributed by atoms with Crippen molar-refractivity contribution in [1.82, 2.24) is 15.5 Å². The van der Waals surface area contributed by atoms with Crippen LogP contribution in [0.15, 0.2) is 84.9 Å². The van der Waals surface area contributed by atoms with Crippen LogP contribution in [0, 0.1) is 5.41 Å². The smallest absolute Gasteiger partial charge is 0.251 e. The maximum absolute atomic E-state index is 14.4. The number of nitrogens with zero attached hydrogens (tertiary/aromatic N) is 2. The number of carbonyl (C=O) groups excluding carboxylic acids is 5. The third kappa shape index (κ3) is 10.2. The topological polar surface area (TPSA) is 156 Å². The van der Waals surface area contributed by atoms with Gasteiger partial charge < -0.3 is 25.7 Å². The molecule has 282 valence electrons. The van der Waals surface area contributed by atoms with Crippen molar-refractivity contribution in [3.05, 3.63) is 102 Å². The fraction of sp³-hybridized carbons (Fsp3) is 0.452. The van der Waals surface area contributed by atoms with Crippen molar-refractivity contribution < 1.29 is 34.2 Å². The van der Waals surface area contributed by atoms with Gasteiger partial charge in [0.25, 0.3) is 5.91 Å². The van der Waals surface area contributed by atoms with Crippen molar-refractivity contribution in [1.29, 1.82) is 0 Å². The van der Waals surface area contributed by atoms with Crippen LogP contribution in [0.5, 0.6) is 0 Å². The van der Waals surface area contributed by atoms with E-state index in [0.29, 0.717) is 50.8 Å². The molecule has 4 amide bonds. The molecule has 1 saturated carbocycles. The van der Waals surface area contributed by atoms with Crippen molar-refractivity contribution in [2.24, 2.45) is 5.41 Å². The number of benzene rings is 3. The van der Waals surface area contributed by atoms with E-state index >= 15 is 0 Å². The van der Waals surface area contributed by atoms with Crippen LogP contribution in [0.4, 0.5) is 5.69 Å². The molecule has 5 rings (SSSR count). The van der Waals surface area contributed by atoms with Crippen LogP contribution in [0.2, 0.25) is 0 Å². The molecule has 1 aliphatic heterocycles. The van der Waals surface area contributed by atoms with Gasteiger partial charge in [-0.3, -0.25) is 28.9 Å². The van der Waals surface area contributed by atoms with Gasteiger partial charge in [-0.25, -0.2) is 0 Å². The minimum atomic E-state index is -1.65. The first kappa shape index (κ1) is 39.3. The molecule has 3 unspecified atom stereocenters. The number of hydrogen-bond acceptors (Lipinski definition) is 7. The highest BCUT2D eigenvalue weighted by Crippen LogP contribution is 2.41. The standard InChI is InChI=1S/C42H52N4O7/c1-29(47)35(44-41(53)42(23-9-10-24-42)25-26-43-30(2)48)27-33-15-18-34(19-16-33)45-37(20-17-31-11-5-3-6-12-31)46(38(49)21-22-39(50)51)36(40(45)52)28-32-13-7-4-8-14-32/h3-8,11-16,18-19,35-37,39,50-51H,9-10,17,20-28H2,1-2H3,(H,43,48)(H,44,53). The van der Waals surface area contributed by atoms with Crippen LogP contribution in [-0.4, -0.2) is 75.6 Å². The minimum absolute atomic E-state index is 0.127. The van der Waals surface area contributed by atoms with E-state index < -0.39 is 30.0 Å². The van der Waals surface area contributed by atoms with E-state index in [1.807, 2.05) is 84.9 Å². The molecule has 11 heteroatoms. The molecule has 3 aromatic carbocycles. The monoisotopic (exact) mass is 724 g/mol. The summed E-state index contributed by atoms with van der Waals surface area (Å²) in [4.78, 5) is 69.6. The average Bonchev–Trinajstić information content (AvgIpc) is 3.73. The van der Waals surface area contributed by atoms with E-state index in [9.17, 15) is 34.2 Å². The zero-order valence-corrected chi connectivity index (χ0v) is 30.7. The molecule has 0 bridgehead atoms. The Balaban J connectivity index is 1.39. The molecule has 53 heavy (non-hydrogen) atoms. The first-order valence-electron chi connectivity index (χ1n) is 18.7. The van der Waals surface area contributed by atoms with E-state index in [2.05, 4.69) is 10.6 Å². The molecule has 3 atom stereocenters. The number of aliphatic hydroxyl groups excluding tert-OH is 1. The van der Waals surface area contributed by atoms with Gasteiger partial charge in [0.1, 0.15) is 12.2 Å². The molecule has 11 nitrogen and oxygen atoms in total. The summed E-state index contributed by atoms with van der Waals surface area (Å²) in [6.45, 7) is 3.31. The molecule has 2 fully saturated rings. The lowest BCUT2D eigenvalue weighted by molar-refractivity contribution is -0.138. The van der Waals surface area contributed by atoms with Gasteiger partial charge in [0.05, 0.1) is 11.5 Å². The fourth-order valence-electron chi connectivity index (χ4n) is 7.77. The van der Waals surface area contributed by atoms with Crippen molar-refractivity contribution in [3.63, 3.8) is 0 Å².